The van der Waals surface area contributed by atoms with E-state index in [0.717, 1.165) is 11.8 Å². The molecule has 0 heterocycles. The van der Waals surface area contributed by atoms with Crippen LogP contribution in [0.4, 0.5) is 11.4 Å². The second-order valence-electron chi connectivity index (χ2n) is 5.79. The smallest absolute Gasteiger partial charge is 0.232 e. The molecule has 140 valence electrons. The zero-order valence-electron chi connectivity index (χ0n) is 14.8. The lowest BCUT2D eigenvalue weighted by atomic mass is 10.2. The van der Waals surface area contributed by atoms with Crippen molar-refractivity contribution < 1.29 is 17.9 Å². The second kappa shape index (κ2) is 8.42. The number of rotatable bonds is 7. The van der Waals surface area contributed by atoms with Gasteiger partial charge in [-0.2, -0.15) is 0 Å². The molecule has 2 aromatic carbocycles. The van der Waals surface area contributed by atoms with Crippen LogP contribution < -0.4 is 14.4 Å². The Kier molecular flexibility index (Phi) is 6.50. The minimum Gasteiger partial charge on any atom is -0.495 e. The maximum atomic E-state index is 12.3. The Morgan fingerprint density at radius 3 is 2.54 bits per heavy atom. The summed E-state index contributed by atoms with van der Waals surface area (Å²) in [5.74, 6) is 0.0888. The molecule has 0 aromatic heterocycles. The lowest BCUT2D eigenvalue weighted by molar-refractivity contribution is -0.116. The largest absolute Gasteiger partial charge is 0.495 e. The van der Waals surface area contributed by atoms with Gasteiger partial charge in [-0.25, -0.2) is 8.42 Å². The van der Waals surface area contributed by atoms with E-state index in [1.54, 1.807) is 36.4 Å². The number of benzene rings is 2. The minimum absolute atomic E-state index is 0.0189. The SMILES string of the molecule is COc1ccc(C)cc1N(CCC(=O)Nc1ccccc1Cl)S(C)(=O)=O. The van der Waals surface area contributed by atoms with Crippen LogP contribution in [-0.4, -0.2) is 34.2 Å². The summed E-state index contributed by atoms with van der Waals surface area (Å²) in [5, 5.41) is 3.10. The van der Waals surface area contributed by atoms with Gasteiger partial charge < -0.3 is 10.1 Å². The van der Waals surface area contributed by atoms with Crippen molar-refractivity contribution in [3.63, 3.8) is 0 Å². The molecule has 1 N–H and O–H groups in total. The summed E-state index contributed by atoms with van der Waals surface area (Å²) in [4.78, 5) is 12.2. The standard InChI is InChI=1S/C18H21ClN2O4S/c1-13-8-9-17(25-2)16(12-13)21(26(3,23)24)11-10-18(22)20-15-7-5-4-6-14(15)19/h4-9,12H,10-11H2,1-3H3,(H,20,22). The summed E-state index contributed by atoms with van der Waals surface area (Å²) in [6.45, 7) is 1.84. The number of carbonyl (C=O) groups excluding carboxylic acids is 1. The topological polar surface area (TPSA) is 75.7 Å². The molecule has 0 atom stereocenters. The predicted molar refractivity (Wildman–Crippen MR) is 105 cm³/mol. The van der Waals surface area contributed by atoms with E-state index in [0.29, 0.717) is 22.1 Å². The molecule has 2 rings (SSSR count). The van der Waals surface area contributed by atoms with Gasteiger partial charge >= 0.3 is 0 Å². The number of halogens is 1. The van der Waals surface area contributed by atoms with E-state index in [4.69, 9.17) is 16.3 Å². The van der Waals surface area contributed by atoms with Crippen molar-refractivity contribution in [3.05, 3.63) is 53.1 Å². The molecule has 0 bridgehead atoms. The highest BCUT2D eigenvalue weighted by Gasteiger charge is 2.22. The van der Waals surface area contributed by atoms with E-state index in [-0.39, 0.29) is 18.9 Å². The van der Waals surface area contributed by atoms with Gasteiger partial charge in [-0.15, -0.1) is 0 Å². The molecule has 0 saturated heterocycles. The van der Waals surface area contributed by atoms with Gasteiger partial charge in [0, 0.05) is 13.0 Å². The Morgan fingerprint density at radius 2 is 1.92 bits per heavy atom. The zero-order chi connectivity index (χ0) is 19.3. The lowest BCUT2D eigenvalue weighted by Crippen LogP contribution is -2.33. The van der Waals surface area contributed by atoms with Gasteiger partial charge in [0.05, 0.1) is 29.8 Å². The van der Waals surface area contributed by atoms with Gasteiger partial charge in [0.15, 0.2) is 0 Å². The Morgan fingerprint density at radius 1 is 1.23 bits per heavy atom. The van der Waals surface area contributed by atoms with Gasteiger partial charge in [-0.3, -0.25) is 9.10 Å². The Labute approximate surface area is 158 Å². The normalized spacial score (nSPS) is 11.1. The van der Waals surface area contributed by atoms with E-state index in [1.807, 2.05) is 13.0 Å². The summed E-state index contributed by atoms with van der Waals surface area (Å²) >= 11 is 6.02. The molecule has 0 fully saturated rings. The van der Waals surface area contributed by atoms with Crippen molar-refractivity contribution in [2.24, 2.45) is 0 Å². The van der Waals surface area contributed by atoms with E-state index in [2.05, 4.69) is 5.32 Å². The van der Waals surface area contributed by atoms with E-state index in [9.17, 15) is 13.2 Å². The van der Waals surface area contributed by atoms with Crippen molar-refractivity contribution >= 4 is 38.9 Å². The maximum Gasteiger partial charge on any atom is 0.232 e. The van der Waals surface area contributed by atoms with Crippen LogP contribution in [0.25, 0.3) is 0 Å². The number of aryl methyl sites for hydroxylation is 1. The number of hydrogen-bond acceptors (Lipinski definition) is 4. The van der Waals surface area contributed by atoms with Crippen LogP contribution in [0.1, 0.15) is 12.0 Å². The number of methoxy groups -OCH3 is 1. The number of carbonyl (C=O) groups is 1. The first-order chi connectivity index (χ1) is 12.2. The second-order valence-corrected chi connectivity index (χ2v) is 8.10. The monoisotopic (exact) mass is 396 g/mol. The number of ether oxygens (including phenoxy) is 1. The van der Waals surface area contributed by atoms with Crippen molar-refractivity contribution in [2.75, 3.05) is 29.5 Å². The van der Waals surface area contributed by atoms with Crippen LogP contribution in [0.3, 0.4) is 0 Å². The van der Waals surface area contributed by atoms with Crippen LogP contribution in [0.5, 0.6) is 5.75 Å². The number of sulfonamides is 1. The fourth-order valence-electron chi connectivity index (χ4n) is 2.44. The number of anilines is 2. The Balaban J connectivity index is 2.19. The lowest BCUT2D eigenvalue weighted by Gasteiger charge is -2.24. The predicted octanol–water partition coefficient (Wildman–Crippen LogP) is 3.45. The highest BCUT2D eigenvalue weighted by molar-refractivity contribution is 7.92. The molecular formula is C18H21ClN2O4S. The number of amides is 1. The Hall–Kier alpha value is -2.25. The van der Waals surface area contributed by atoms with Gasteiger partial charge in [0.2, 0.25) is 15.9 Å². The molecule has 0 aliphatic heterocycles. The molecule has 0 saturated carbocycles. The van der Waals surface area contributed by atoms with Crippen LogP contribution >= 0.6 is 11.6 Å². The third-order valence-electron chi connectivity index (χ3n) is 3.69. The molecule has 6 nitrogen and oxygen atoms in total. The maximum absolute atomic E-state index is 12.3. The molecule has 0 radical (unpaired) electrons. The molecular weight excluding hydrogens is 376 g/mol. The van der Waals surface area contributed by atoms with E-state index < -0.39 is 10.0 Å². The van der Waals surface area contributed by atoms with Gasteiger partial charge in [-0.1, -0.05) is 29.8 Å². The van der Waals surface area contributed by atoms with Crippen LogP contribution in [0, 0.1) is 6.92 Å². The molecule has 1 amide bonds. The zero-order valence-corrected chi connectivity index (χ0v) is 16.4. The van der Waals surface area contributed by atoms with Crippen molar-refractivity contribution in [3.8, 4) is 5.75 Å². The molecule has 2 aromatic rings. The molecule has 0 aliphatic rings. The fourth-order valence-corrected chi connectivity index (χ4v) is 3.54. The highest BCUT2D eigenvalue weighted by atomic mass is 35.5. The summed E-state index contributed by atoms with van der Waals surface area (Å²) in [6.07, 6.45) is 1.07. The molecule has 8 heteroatoms. The summed E-state index contributed by atoms with van der Waals surface area (Å²) in [6, 6.07) is 12.1. The summed E-state index contributed by atoms with van der Waals surface area (Å²) in [7, 11) is -2.13. The third kappa shape index (κ3) is 5.12. The molecule has 0 aliphatic carbocycles. The first-order valence-electron chi connectivity index (χ1n) is 7.89. The van der Waals surface area contributed by atoms with E-state index >= 15 is 0 Å². The Bertz CT molecular complexity index is 900. The number of hydrogen-bond donors (Lipinski definition) is 1. The average molecular weight is 397 g/mol. The number of nitrogens with zero attached hydrogens (tertiary/aromatic N) is 1. The summed E-state index contributed by atoms with van der Waals surface area (Å²) in [5.41, 5.74) is 1.77. The van der Waals surface area contributed by atoms with Crippen molar-refractivity contribution in [2.45, 2.75) is 13.3 Å². The van der Waals surface area contributed by atoms with Crippen LogP contribution in [-0.2, 0) is 14.8 Å². The average Bonchev–Trinajstić information content (AvgIpc) is 2.56. The van der Waals surface area contributed by atoms with Gasteiger partial charge in [0.25, 0.3) is 0 Å². The first-order valence-corrected chi connectivity index (χ1v) is 10.1. The summed E-state index contributed by atoms with van der Waals surface area (Å²) < 4.78 is 30.9. The quantitative estimate of drug-likeness (QED) is 0.777. The van der Waals surface area contributed by atoms with Crippen molar-refractivity contribution in [1.82, 2.24) is 0 Å². The van der Waals surface area contributed by atoms with Crippen LogP contribution in [0.15, 0.2) is 42.5 Å². The third-order valence-corrected chi connectivity index (χ3v) is 5.20. The molecule has 26 heavy (non-hydrogen) atoms. The highest BCUT2D eigenvalue weighted by Crippen LogP contribution is 2.31. The fraction of sp³-hybridized carbons (Fsp3) is 0.278. The van der Waals surface area contributed by atoms with Gasteiger partial charge in [-0.05, 0) is 36.8 Å². The first kappa shape index (κ1) is 20.1. The van der Waals surface area contributed by atoms with Crippen molar-refractivity contribution in [1.29, 1.82) is 0 Å². The number of nitrogens with one attached hydrogen (secondary N) is 1. The van der Waals surface area contributed by atoms with E-state index in [1.165, 1.54) is 11.4 Å². The minimum atomic E-state index is -3.60. The van der Waals surface area contributed by atoms with Crippen LogP contribution in [0.2, 0.25) is 5.02 Å². The number of para-hydroxylation sites is 1. The molecule has 0 unspecified atom stereocenters. The van der Waals surface area contributed by atoms with Gasteiger partial charge in [0.1, 0.15) is 5.75 Å². The molecule has 0 spiro atoms.